The van der Waals surface area contributed by atoms with E-state index < -0.39 is 0 Å². The summed E-state index contributed by atoms with van der Waals surface area (Å²) in [6.07, 6.45) is 0. The van der Waals surface area contributed by atoms with Gasteiger partial charge in [0.15, 0.2) is 0 Å². The molecule has 252 valence electrons. The number of benzene rings is 9. The lowest BCUT2D eigenvalue weighted by Gasteiger charge is -2.20. The third-order valence-corrected chi connectivity index (χ3v) is 10.7. The van der Waals surface area contributed by atoms with Gasteiger partial charge in [0.2, 0.25) is 0 Å². The molecule has 53 heavy (non-hydrogen) atoms. The quantitative estimate of drug-likeness (QED) is 0.147. The van der Waals surface area contributed by atoms with Crippen LogP contribution in [0.4, 0.5) is 0 Å². The first-order valence-corrected chi connectivity index (χ1v) is 18.6. The Morgan fingerprint density at radius 2 is 0.717 bits per heavy atom. The van der Waals surface area contributed by atoms with Gasteiger partial charge in [-0.05, 0) is 112 Å². The highest BCUT2D eigenvalue weighted by molar-refractivity contribution is 6.21. The zero-order valence-corrected chi connectivity index (χ0v) is 30.1. The van der Waals surface area contributed by atoms with Crippen LogP contribution in [0.3, 0.4) is 0 Å². The van der Waals surface area contributed by atoms with E-state index in [1.54, 1.807) is 0 Å². The highest BCUT2D eigenvalue weighted by atomic mass is 14.2. The van der Waals surface area contributed by atoms with Gasteiger partial charge in [0.1, 0.15) is 0 Å². The fourth-order valence-electron chi connectivity index (χ4n) is 8.06. The summed E-state index contributed by atoms with van der Waals surface area (Å²) >= 11 is 0. The summed E-state index contributed by atoms with van der Waals surface area (Å²) in [7, 11) is 0. The van der Waals surface area contributed by atoms with Crippen LogP contribution in [0.5, 0.6) is 0 Å². The molecule has 0 aliphatic rings. The number of rotatable bonds is 7. The van der Waals surface area contributed by atoms with E-state index in [0.29, 0.717) is 5.92 Å². The van der Waals surface area contributed by atoms with E-state index in [1.807, 2.05) is 0 Å². The summed E-state index contributed by atoms with van der Waals surface area (Å²) in [4.78, 5) is 0. The van der Waals surface area contributed by atoms with Gasteiger partial charge in [-0.3, -0.25) is 0 Å². The van der Waals surface area contributed by atoms with Crippen LogP contribution < -0.4 is 0 Å². The van der Waals surface area contributed by atoms with Crippen LogP contribution in [-0.4, -0.2) is 0 Å². The van der Waals surface area contributed by atoms with Crippen molar-refractivity contribution in [2.75, 3.05) is 0 Å². The summed E-state index contributed by atoms with van der Waals surface area (Å²) in [6.45, 7) is 4.54. The molecule has 0 heteroatoms. The van der Waals surface area contributed by atoms with Crippen LogP contribution in [0.25, 0.3) is 88.3 Å². The van der Waals surface area contributed by atoms with Gasteiger partial charge in [0.25, 0.3) is 0 Å². The second kappa shape index (κ2) is 13.9. The molecule has 0 atom stereocenters. The van der Waals surface area contributed by atoms with E-state index >= 15 is 0 Å². The zero-order chi connectivity index (χ0) is 35.7. The summed E-state index contributed by atoms with van der Waals surface area (Å²) in [5, 5.41) is 5.07. The van der Waals surface area contributed by atoms with Gasteiger partial charge in [-0.15, -0.1) is 0 Å². The minimum atomic E-state index is 0.456. The SMILES string of the molecule is CC(C)c1cccc(-c2c3ccccc3c(-c3ccc(-c4ccccc4)c(-c4ccccc4-c4cccc(-c5ccccc5)c4)c3)c3ccccc23)c1. The third-order valence-electron chi connectivity index (χ3n) is 10.7. The largest absolute Gasteiger partial charge is 0.0622 e. The maximum atomic E-state index is 2.44. The van der Waals surface area contributed by atoms with Crippen molar-refractivity contribution in [2.45, 2.75) is 19.8 Å². The van der Waals surface area contributed by atoms with Gasteiger partial charge in [-0.2, -0.15) is 0 Å². The fourth-order valence-corrected chi connectivity index (χ4v) is 8.06. The summed E-state index contributed by atoms with van der Waals surface area (Å²) in [5.74, 6) is 0.456. The smallest absolute Gasteiger partial charge is 0.00261 e. The Bertz CT molecular complexity index is 2680. The Labute approximate surface area is 312 Å². The first-order valence-electron chi connectivity index (χ1n) is 18.6. The maximum Gasteiger partial charge on any atom is -0.00261 e. The number of hydrogen-bond acceptors (Lipinski definition) is 0. The zero-order valence-electron chi connectivity index (χ0n) is 30.1. The summed E-state index contributed by atoms with van der Waals surface area (Å²) in [6, 6.07) is 73.5. The number of hydrogen-bond donors (Lipinski definition) is 0. The normalized spacial score (nSPS) is 11.4. The van der Waals surface area contributed by atoms with Crippen molar-refractivity contribution in [3.8, 4) is 66.8 Å². The fraction of sp³-hybridized carbons (Fsp3) is 0.0566. The molecular formula is C53H40. The van der Waals surface area contributed by atoms with Crippen LogP contribution in [0.2, 0.25) is 0 Å². The highest BCUT2D eigenvalue weighted by Crippen LogP contribution is 2.47. The molecule has 0 nitrogen and oxygen atoms in total. The van der Waals surface area contributed by atoms with Crippen molar-refractivity contribution in [1.82, 2.24) is 0 Å². The average Bonchev–Trinajstić information content (AvgIpc) is 3.23. The summed E-state index contributed by atoms with van der Waals surface area (Å²) in [5.41, 5.74) is 16.1. The molecule has 9 aromatic carbocycles. The first kappa shape index (κ1) is 32.4. The molecule has 0 aliphatic carbocycles. The monoisotopic (exact) mass is 676 g/mol. The van der Waals surface area contributed by atoms with E-state index in [9.17, 15) is 0 Å². The maximum absolute atomic E-state index is 2.44. The molecule has 9 aromatic rings. The van der Waals surface area contributed by atoms with Crippen LogP contribution in [0.1, 0.15) is 25.3 Å². The lowest BCUT2D eigenvalue weighted by atomic mass is 9.83. The molecule has 0 spiro atoms. The van der Waals surface area contributed by atoms with Gasteiger partial charge in [-0.1, -0.05) is 202 Å². The molecule has 0 unspecified atom stereocenters. The van der Waals surface area contributed by atoms with E-state index in [2.05, 4.69) is 214 Å². The Kier molecular flexibility index (Phi) is 8.50. The Morgan fingerprint density at radius 1 is 0.264 bits per heavy atom. The Balaban J connectivity index is 1.30. The summed E-state index contributed by atoms with van der Waals surface area (Å²) < 4.78 is 0. The lowest BCUT2D eigenvalue weighted by Crippen LogP contribution is -1.94. The van der Waals surface area contributed by atoms with Gasteiger partial charge >= 0.3 is 0 Å². The Morgan fingerprint density at radius 3 is 1.34 bits per heavy atom. The van der Waals surface area contributed by atoms with Crippen LogP contribution in [0, 0.1) is 0 Å². The topological polar surface area (TPSA) is 0 Å². The second-order valence-corrected chi connectivity index (χ2v) is 14.2. The van der Waals surface area contributed by atoms with Gasteiger partial charge in [0, 0.05) is 0 Å². The minimum absolute atomic E-state index is 0.456. The molecule has 0 bridgehead atoms. The minimum Gasteiger partial charge on any atom is -0.0622 e. The van der Waals surface area contributed by atoms with Gasteiger partial charge in [0.05, 0.1) is 0 Å². The number of fused-ring (bicyclic) bond motifs is 2. The molecular weight excluding hydrogens is 637 g/mol. The molecule has 9 rings (SSSR count). The third kappa shape index (κ3) is 6.03. The van der Waals surface area contributed by atoms with Crippen LogP contribution in [0.15, 0.2) is 200 Å². The predicted molar refractivity (Wildman–Crippen MR) is 228 cm³/mol. The lowest BCUT2D eigenvalue weighted by molar-refractivity contribution is 0.867. The van der Waals surface area contributed by atoms with Crippen molar-refractivity contribution >= 4 is 21.5 Å². The van der Waals surface area contributed by atoms with Crippen LogP contribution in [-0.2, 0) is 0 Å². The van der Waals surface area contributed by atoms with Gasteiger partial charge < -0.3 is 0 Å². The first-order chi connectivity index (χ1) is 26.1. The van der Waals surface area contributed by atoms with Crippen LogP contribution >= 0.6 is 0 Å². The van der Waals surface area contributed by atoms with Crippen molar-refractivity contribution < 1.29 is 0 Å². The van der Waals surface area contributed by atoms with E-state index in [4.69, 9.17) is 0 Å². The standard InChI is InChI=1S/C53H40/c1-36(2)39-21-15-24-42(33-39)52-47-27-11-13-29-49(47)53(50-30-14-12-28-48(50)52)43-31-32-45(38-19-7-4-8-20-38)51(35-43)46-26-10-9-25-44(46)41-23-16-22-40(34-41)37-17-5-3-6-18-37/h3-36H,1-2H3. The van der Waals surface area contributed by atoms with Crippen molar-refractivity contribution in [3.63, 3.8) is 0 Å². The van der Waals surface area contributed by atoms with E-state index in [1.165, 1.54) is 93.9 Å². The molecule has 0 heterocycles. The molecule has 0 saturated carbocycles. The molecule has 0 N–H and O–H groups in total. The van der Waals surface area contributed by atoms with E-state index in [0.717, 1.165) is 0 Å². The predicted octanol–water partition coefficient (Wildman–Crippen LogP) is 15.1. The second-order valence-electron chi connectivity index (χ2n) is 14.2. The highest BCUT2D eigenvalue weighted by Gasteiger charge is 2.20. The van der Waals surface area contributed by atoms with Crippen molar-refractivity contribution in [1.29, 1.82) is 0 Å². The molecule has 0 saturated heterocycles. The molecule has 0 amide bonds. The molecule has 0 radical (unpaired) electrons. The molecule has 0 aliphatic heterocycles. The van der Waals surface area contributed by atoms with Gasteiger partial charge in [-0.25, -0.2) is 0 Å². The molecule has 0 fully saturated rings. The average molecular weight is 677 g/mol. The molecule has 0 aromatic heterocycles. The van der Waals surface area contributed by atoms with E-state index in [-0.39, 0.29) is 0 Å². The van der Waals surface area contributed by atoms with Crippen molar-refractivity contribution in [3.05, 3.63) is 206 Å². The van der Waals surface area contributed by atoms with Crippen molar-refractivity contribution in [2.24, 2.45) is 0 Å². The Hall–Kier alpha value is -6.50.